The van der Waals surface area contributed by atoms with Crippen LogP contribution in [0.3, 0.4) is 0 Å². The second-order valence-corrected chi connectivity index (χ2v) is 12.6. The Morgan fingerprint density at radius 3 is 2.73 bits per heavy atom. The predicted molar refractivity (Wildman–Crippen MR) is 169 cm³/mol. The topological polar surface area (TPSA) is 102 Å². The molecular formula is C33H33FN6O4S. The maximum absolute atomic E-state index is 15.3. The lowest BCUT2D eigenvalue weighted by atomic mass is 9.91. The van der Waals surface area contributed by atoms with Gasteiger partial charge >= 0.3 is 0 Å². The minimum atomic E-state index is -0.764. The molecule has 2 unspecified atom stereocenters. The van der Waals surface area contributed by atoms with E-state index in [0.29, 0.717) is 29.3 Å². The van der Waals surface area contributed by atoms with E-state index in [1.54, 1.807) is 34.8 Å². The molecule has 2 aromatic heterocycles. The van der Waals surface area contributed by atoms with Crippen LogP contribution in [0.1, 0.15) is 36.8 Å². The number of thioether (sulfide) groups is 1. The zero-order valence-electron chi connectivity index (χ0n) is 25.6. The average Bonchev–Trinajstić information content (AvgIpc) is 3.02. The standard InChI is InChI=1S/C33H33FN6O4S/c1-7-24(42)38-15-21-32(43)37(5)30-28(39(21)14-17(38)3)19-13-16(2)26(25-20(34)9-8-10-22(25)41)36-31(19)40-29-23(45-6)11-12-35-27(29)18(4)44-33(30)40/h7-13,17-18,21,33,41H,1,14-15H2,2-6H3/t17-,18?,21-,33?/m1/s1. The van der Waals surface area contributed by atoms with Crippen molar-refractivity contribution in [2.45, 2.75) is 50.1 Å². The molecule has 0 bridgehead atoms. The lowest BCUT2D eigenvalue weighted by Gasteiger charge is -2.55. The molecule has 3 aromatic rings. The van der Waals surface area contributed by atoms with Crippen molar-refractivity contribution in [3.8, 4) is 17.0 Å². The van der Waals surface area contributed by atoms with Gasteiger partial charge in [-0.2, -0.15) is 0 Å². The number of ether oxygens (including phenoxy) is 1. The summed E-state index contributed by atoms with van der Waals surface area (Å²) in [5, 5.41) is 10.8. The molecule has 7 rings (SSSR count). The molecule has 45 heavy (non-hydrogen) atoms. The van der Waals surface area contributed by atoms with Crippen LogP contribution in [0.25, 0.3) is 17.0 Å². The third-order valence-electron chi connectivity index (χ3n) is 9.17. The number of carbonyl (C=O) groups is 2. The third-order valence-corrected chi connectivity index (χ3v) is 9.94. The fraction of sp³-hybridized carbons (Fsp3) is 0.333. The fourth-order valence-corrected chi connectivity index (χ4v) is 7.63. The zero-order valence-corrected chi connectivity index (χ0v) is 26.4. The molecule has 12 heteroatoms. The molecule has 4 atom stereocenters. The maximum Gasteiger partial charge on any atom is 0.251 e. The number of pyridine rings is 2. The molecule has 0 aliphatic carbocycles. The van der Waals surface area contributed by atoms with Crippen LogP contribution in [-0.4, -0.2) is 86.3 Å². The van der Waals surface area contributed by atoms with Crippen LogP contribution in [0.15, 0.2) is 59.8 Å². The normalized spacial score (nSPS) is 23.6. The van der Waals surface area contributed by atoms with Gasteiger partial charge in [0.25, 0.3) is 5.91 Å². The monoisotopic (exact) mass is 628 g/mol. The Morgan fingerprint density at radius 2 is 2.02 bits per heavy atom. The van der Waals surface area contributed by atoms with Crippen molar-refractivity contribution in [1.29, 1.82) is 0 Å². The highest BCUT2D eigenvalue weighted by Crippen LogP contribution is 2.54. The number of phenolic OH excluding ortho intramolecular Hbond substituents is 1. The number of hydrogen-bond donors (Lipinski definition) is 1. The molecule has 10 nitrogen and oxygen atoms in total. The van der Waals surface area contributed by atoms with Crippen molar-refractivity contribution in [3.63, 3.8) is 0 Å². The Bertz CT molecular complexity index is 1810. The van der Waals surface area contributed by atoms with E-state index < -0.39 is 24.2 Å². The quantitative estimate of drug-likeness (QED) is 0.323. The molecule has 2 amide bonds. The largest absolute Gasteiger partial charge is 0.507 e. The van der Waals surface area contributed by atoms with E-state index in [4.69, 9.17) is 9.72 Å². The number of phenols is 1. The summed E-state index contributed by atoms with van der Waals surface area (Å²) in [6.45, 7) is 9.97. The number of fused-ring (bicyclic) bond motifs is 9. The van der Waals surface area contributed by atoms with E-state index in [0.717, 1.165) is 27.5 Å². The molecule has 0 spiro atoms. The summed E-state index contributed by atoms with van der Waals surface area (Å²) < 4.78 is 22.0. The SMILES string of the molecule is C=CC(=O)N1C[C@@H]2C(=O)N(C)C3=C(c4cc(C)c(-c5c(O)cccc5F)nc4N4c5c(SC)ccnc5C(C)OC34)N2C[C@H]1C. The summed E-state index contributed by atoms with van der Waals surface area (Å²) >= 11 is 1.56. The summed E-state index contributed by atoms with van der Waals surface area (Å²) in [7, 11) is 1.74. The Hall–Kier alpha value is -4.42. The lowest BCUT2D eigenvalue weighted by molar-refractivity contribution is -0.143. The Kier molecular flexibility index (Phi) is 6.90. The molecule has 232 valence electrons. The molecule has 1 saturated heterocycles. The first-order valence-corrected chi connectivity index (χ1v) is 16.0. The van der Waals surface area contributed by atoms with Crippen LogP contribution >= 0.6 is 11.8 Å². The van der Waals surface area contributed by atoms with Crippen molar-refractivity contribution in [1.82, 2.24) is 24.7 Å². The molecule has 0 radical (unpaired) electrons. The van der Waals surface area contributed by atoms with Gasteiger partial charge in [-0.15, -0.1) is 11.8 Å². The van der Waals surface area contributed by atoms with Gasteiger partial charge < -0.3 is 24.5 Å². The molecule has 1 aromatic carbocycles. The van der Waals surface area contributed by atoms with Crippen molar-refractivity contribution in [2.75, 3.05) is 31.3 Å². The number of hydrogen-bond acceptors (Lipinski definition) is 9. The summed E-state index contributed by atoms with van der Waals surface area (Å²) in [6, 6.07) is 7.22. The Morgan fingerprint density at radius 1 is 1.24 bits per heavy atom. The van der Waals surface area contributed by atoms with Gasteiger partial charge in [0.05, 0.1) is 40.6 Å². The van der Waals surface area contributed by atoms with Crippen LogP contribution in [0, 0.1) is 12.7 Å². The molecular weight excluding hydrogens is 595 g/mol. The number of aromatic nitrogens is 2. The van der Waals surface area contributed by atoms with Gasteiger partial charge in [0.1, 0.15) is 29.5 Å². The Labute approximate surface area is 264 Å². The van der Waals surface area contributed by atoms with Crippen molar-refractivity contribution >= 4 is 40.8 Å². The number of aryl methyl sites for hydroxylation is 1. The van der Waals surface area contributed by atoms with E-state index in [1.165, 1.54) is 24.3 Å². The molecule has 4 aliphatic heterocycles. The number of nitrogens with zero attached hydrogens (tertiary/aromatic N) is 6. The summed E-state index contributed by atoms with van der Waals surface area (Å²) in [5.41, 5.74) is 4.66. The molecule has 4 aliphatic rings. The lowest BCUT2D eigenvalue weighted by Crippen LogP contribution is -2.66. The van der Waals surface area contributed by atoms with Crippen LogP contribution in [0.5, 0.6) is 5.75 Å². The second-order valence-electron chi connectivity index (χ2n) is 11.7. The minimum absolute atomic E-state index is 0.0101. The molecule has 6 heterocycles. The van der Waals surface area contributed by atoms with Crippen LogP contribution in [0.4, 0.5) is 15.9 Å². The highest BCUT2D eigenvalue weighted by Gasteiger charge is 2.53. The summed E-state index contributed by atoms with van der Waals surface area (Å²) in [4.78, 5) is 44.9. The third kappa shape index (κ3) is 4.18. The zero-order chi connectivity index (χ0) is 31.9. The van der Waals surface area contributed by atoms with Crippen molar-refractivity contribution < 1.29 is 23.8 Å². The number of piperazine rings is 1. The van der Waals surface area contributed by atoms with Crippen molar-refractivity contribution in [3.05, 3.63) is 77.5 Å². The van der Waals surface area contributed by atoms with E-state index in [1.807, 2.05) is 44.1 Å². The Balaban J connectivity index is 1.52. The van der Waals surface area contributed by atoms with Crippen LogP contribution in [0.2, 0.25) is 0 Å². The molecule has 0 saturated carbocycles. The highest BCUT2D eigenvalue weighted by molar-refractivity contribution is 7.98. The van der Waals surface area contributed by atoms with Gasteiger partial charge in [-0.25, -0.2) is 9.37 Å². The molecule has 1 fully saturated rings. The van der Waals surface area contributed by atoms with Gasteiger partial charge in [-0.05, 0) is 62.9 Å². The van der Waals surface area contributed by atoms with Crippen LogP contribution < -0.4 is 4.90 Å². The number of anilines is 2. The molecule has 1 N–H and O–H groups in total. The first kappa shape index (κ1) is 29.3. The summed E-state index contributed by atoms with van der Waals surface area (Å²) in [6.07, 6.45) is 3.84. The minimum Gasteiger partial charge on any atom is -0.507 e. The highest BCUT2D eigenvalue weighted by atomic mass is 32.2. The number of carbonyl (C=O) groups excluding carboxylic acids is 2. The number of rotatable bonds is 3. The van der Waals surface area contributed by atoms with Crippen molar-refractivity contribution in [2.24, 2.45) is 0 Å². The van der Waals surface area contributed by atoms with E-state index >= 15 is 4.39 Å². The van der Waals surface area contributed by atoms with Gasteiger partial charge in [0.2, 0.25) is 5.91 Å². The van der Waals surface area contributed by atoms with Gasteiger partial charge in [-0.1, -0.05) is 12.6 Å². The predicted octanol–water partition coefficient (Wildman–Crippen LogP) is 4.82. The van der Waals surface area contributed by atoms with E-state index in [9.17, 15) is 14.7 Å². The smallest absolute Gasteiger partial charge is 0.251 e. The van der Waals surface area contributed by atoms with E-state index in [2.05, 4.69) is 16.5 Å². The number of halogens is 1. The number of benzene rings is 1. The second kappa shape index (κ2) is 10.6. The van der Waals surface area contributed by atoms with Gasteiger partial charge in [0, 0.05) is 36.3 Å². The number of amides is 2. The van der Waals surface area contributed by atoms with Gasteiger partial charge in [0.15, 0.2) is 6.23 Å². The van der Waals surface area contributed by atoms with Gasteiger partial charge in [-0.3, -0.25) is 19.5 Å². The fourth-order valence-electron chi connectivity index (χ4n) is 7.04. The summed E-state index contributed by atoms with van der Waals surface area (Å²) in [5.74, 6) is -0.683. The number of aromatic hydroxyl groups is 1. The first-order valence-electron chi connectivity index (χ1n) is 14.8. The van der Waals surface area contributed by atoms with E-state index in [-0.39, 0.29) is 35.7 Å². The maximum atomic E-state index is 15.3. The average molecular weight is 629 g/mol. The number of likely N-dealkylation sites (N-methyl/N-ethyl adjacent to an activating group) is 1. The van der Waals surface area contributed by atoms with Crippen LogP contribution in [-0.2, 0) is 14.3 Å². The first-order chi connectivity index (χ1) is 21.6.